The molecule has 1 aromatic carbocycles. The predicted molar refractivity (Wildman–Crippen MR) is 91.5 cm³/mol. The summed E-state index contributed by atoms with van der Waals surface area (Å²) in [6.45, 7) is 0. The first-order valence-electron chi connectivity index (χ1n) is 8.45. The Bertz CT molecular complexity index is 603. The zero-order valence-electron chi connectivity index (χ0n) is 13.2. The molecule has 1 atom stereocenters. The molecule has 2 aliphatic rings. The summed E-state index contributed by atoms with van der Waals surface area (Å²) >= 11 is 6.09. The van der Waals surface area contributed by atoms with Gasteiger partial charge in [-0.15, -0.1) is 0 Å². The Morgan fingerprint density at radius 1 is 1.22 bits per heavy atom. The minimum atomic E-state index is -0.337. The molecule has 1 fully saturated rings. The maximum absolute atomic E-state index is 14.0. The van der Waals surface area contributed by atoms with Gasteiger partial charge in [0, 0.05) is 22.1 Å². The van der Waals surface area contributed by atoms with Gasteiger partial charge in [0.1, 0.15) is 11.5 Å². The third-order valence-electron chi connectivity index (χ3n) is 4.99. The number of hydrogen-bond donors (Lipinski definition) is 0. The molecule has 0 N–H and O–H groups in total. The van der Waals surface area contributed by atoms with Crippen LogP contribution >= 0.6 is 11.6 Å². The van der Waals surface area contributed by atoms with Gasteiger partial charge in [0.15, 0.2) is 6.21 Å². The van der Waals surface area contributed by atoms with Crippen molar-refractivity contribution in [1.29, 1.82) is 0 Å². The number of rotatable bonds is 5. The van der Waals surface area contributed by atoms with Crippen LogP contribution in [0.15, 0.2) is 23.3 Å². The lowest BCUT2D eigenvalue weighted by molar-refractivity contribution is -0.455. The molecule has 3 rings (SSSR count). The largest absolute Gasteiger partial charge is 0.595 e. The van der Waals surface area contributed by atoms with E-state index in [0.29, 0.717) is 21.9 Å². The average molecular weight is 337 g/mol. The monoisotopic (exact) mass is 336 g/mol. The minimum Gasteiger partial charge on any atom is -0.595 e. The smallest absolute Gasteiger partial charge is 0.195 e. The van der Waals surface area contributed by atoms with Crippen LogP contribution in [0.25, 0.3) is 0 Å². The molecule has 1 aliphatic heterocycles. The Kier molecular flexibility index (Phi) is 5.31. The van der Waals surface area contributed by atoms with Gasteiger partial charge in [0.2, 0.25) is 0 Å². The summed E-state index contributed by atoms with van der Waals surface area (Å²) < 4.78 is 14.0. The van der Waals surface area contributed by atoms with Gasteiger partial charge in [-0.05, 0) is 30.9 Å². The van der Waals surface area contributed by atoms with Crippen LogP contribution in [0.1, 0.15) is 50.5 Å². The third kappa shape index (κ3) is 4.11. The molecule has 124 valence electrons. The van der Waals surface area contributed by atoms with Crippen molar-refractivity contribution < 1.29 is 9.24 Å². The molecule has 1 saturated carbocycles. The van der Waals surface area contributed by atoms with Crippen molar-refractivity contribution in [2.75, 3.05) is 0 Å². The number of nitrogens with zero attached hydrogens (tertiary/aromatic N) is 2. The first kappa shape index (κ1) is 16.4. The van der Waals surface area contributed by atoms with Gasteiger partial charge in [0.25, 0.3) is 0 Å². The topological polar surface area (TPSA) is 38.4 Å². The van der Waals surface area contributed by atoms with Gasteiger partial charge in [0.05, 0.1) is 5.92 Å². The number of benzene rings is 1. The number of halogens is 2. The number of hydrazone groups is 1. The average Bonchev–Trinajstić information content (AvgIpc) is 2.90. The first-order chi connectivity index (χ1) is 11.1. The molecule has 23 heavy (non-hydrogen) atoms. The van der Waals surface area contributed by atoms with Crippen molar-refractivity contribution in [2.24, 2.45) is 16.9 Å². The first-order valence-corrected chi connectivity index (χ1v) is 8.83. The molecular weight excluding hydrogens is 315 g/mol. The Morgan fingerprint density at radius 3 is 2.74 bits per heavy atom. The molecule has 3 nitrogen and oxygen atoms in total. The van der Waals surface area contributed by atoms with Gasteiger partial charge in [-0.2, -0.15) is 0 Å². The lowest BCUT2D eigenvalue weighted by Crippen LogP contribution is -2.18. The van der Waals surface area contributed by atoms with E-state index in [1.54, 1.807) is 18.3 Å². The predicted octanol–water partition coefficient (Wildman–Crippen LogP) is 4.95. The molecule has 5 heteroatoms. The Hall–Kier alpha value is -1.42. The van der Waals surface area contributed by atoms with Crippen LogP contribution < -0.4 is 0 Å². The highest BCUT2D eigenvalue weighted by molar-refractivity contribution is 6.31. The Morgan fingerprint density at radius 2 is 2.00 bits per heavy atom. The molecule has 0 amide bonds. The molecule has 1 aliphatic carbocycles. The van der Waals surface area contributed by atoms with Crippen molar-refractivity contribution >= 4 is 23.5 Å². The maximum atomic E-state index is 14.0. The summed E-state index contributed by atoms with van der Waals surface area (Å²) in [6.07, 6.45) is 10.5. The lowest BCUT2D eigenvalue weighted by Gasteiger charge is -2.22. The molecule has 1 heterocycles. The molecule has 0 radical (unpaired) electrons. The molecule has 1 unspecified atom stereocenters. The van der Waals surface area contributed by atoms with E-state index >= 15 is 0 Å². The van der Waals surface area contributed by atoms with E-state index in [9.17, 15) is 9.60 Å². The van der Waals surface area contributed by atoms with Gasteiger partial charge >= 0.3 is 0 Å². The second-order valence-corrected chi connectivity index (χ2v) is 7.02. The van der Waals surface area contributed by atoms with E-state index in [1.165, 1.54) is 38.2 Å². The minimum absolute atomic E-state index is 0.00472. The van der Waals surface area contributed by atoms with Crippen LogP contribution in [0.3, 0.4) is 0 Å². The van der Waals surface area contributed by atoms with Crippen LogP contribution in [0.4, 0.5) is 4.39 Å². The van der Waals surface area contributed by atoms with E-state index in [4.69, 9.17) is 11.6 Å². The zero-order chi connectivity index (χ0) is 16.2. The molecule has 1 aromatic rings. The summed E-state index contributed by atoms with van der Waals surface area (Å²) in [5.74, 6) is 0.428. The van der Waals surface area contributed by atoms with Crippen molar-refractivity contribution in [1.82, 2.24) is 0 Å². The van der Waals surface area contributed by atoms with E-state index in [-0.39, 0.29) is 11.7 Å². The van der Waals surface area contributed by atoms with Crippen molar-refractivity contribution in [3.05, 3.63) is 39.8 Å². The maximum Gasteiger partial charge on any atom is 0.195 e. The fourth-order valence-corrected chi connectivity index (χ4v) is 3.88. The highest BCUT2D eigenvalue weighted by Crippen LogP contribution is 2.30. The van der Waals surface area contributed by atoms with Crippen LogP contribution in [0.5, 0.6) is 0 Å². The van der Waals surface area contributed by atoms with Crippen molar-refractivity contribution in [2.45, 2.75) is 51.4 Å². The third-order valence-corrected chi connectivity index (χ3v) is 5.35. The second kappa shape index (κ2) is 7.43. The summed E-state index contributed by atoms with van der Waals surface area (Å²) in [7, 11) is 0. The Labute approximate surface area is 141 Å². The summed E-state index contributed by atoms with van der Waals surface area (Å²) in [5.41, 5.74) is 1.15. The summed E-state index contributed by atoms with van der Waals surface area (Å²) in [4.78, 5) is 0.621. The van der Waals surface area contributed by atoms with Gasteiger partial charge in [-0.25, -0.2) is 4.39 Å². The van der Waals surface area contributed by atoms with E-state index in [0.717, 1.165) is 24.5 Å². The normalized spacial score (nSPS) is 22.1. The SMILES string of the molecule is [O-][N+]1=CC(CCC2CCCCC2)C(Cc2c(F)cccc2Cl)=N1. The lowest BCUT2D eigenvalue weighted by atomic mass is 9.83. The molecule has 0 spiro atoms. The molecule has 0 aromatic heterocycles. The van der Waals surface area contributed by atoms with Gasteiger partial charge < -0.3 is 5.21 Å². The van der Waals surface area contributed by atoms with Crippen LogP contribution in [-0.2, 0) is 6.42 Å². The Balaban J connectivity index is 1.65. The van der Waals surface area contributed by atoms with E-state index in [2.05, 4.69) is 5.10 Å². The fraction of sp³-hybridized carbons (Fsp3) is 0.556. The van der Waals surface area contributed by atoms with Crippen LogP contribution in [-0.4, -0.2) is 16.8 Å². The van der Waals surface area contributed by atoms with E-state index in [1.807, 2.05) is 0 Å². The highest BCUT2D eigenvalue weighted by atomic mass is 35.5. The molecular formula is C18H22ClFN2O. The van der Waals surface area contributed by atoms with Crippen molar-refractivity contribution in [3.63, 3.8) is 0 Å². The van der Waals surface area contributed by atoms with Crippen LogP contribution in [0.2, 0.25) is 5.02 Å². The fourth-order valence-electron chi connectivity index (χ4n) is 3.66. The highest BCUT2D eigenvalue weighted by Gasteiger charge is 2.28. The van der Waals surface area contributed by atoms with Crippen molar-refractivity contribution in [3.8, 4) is 0 Å². The summed E-state index contributed by atoms with van der Waals surface area (Å²) in [5, 5.41) is 16.0. The van der Waals surface area contributed by atoms with Crippen LogP contribution in [0, 0.1) is 22.9 Å². The van der Waals surface area contributed by atoms with Gasteiger partial charge in [-0.1, -0.05) is 54.6 Å². The molecule has 0 bridgehead atoms. The second-order valence-electron chi connectivity index (χ2n) is 6.61. The number of hydrogen-bond acceptors (Lipinski definition) is 2. The summed E-state index contributed by atoms with van der Waals surface area (Å²) in [6, 6.07) is 4.65. The van der Waals surface area contributed by atoms with Gasteiger partial charge in [-0.3, -0.25) is 0 Å². The van der Waals surface area contributed by atoms with E-state index < -0.39 is 0 Å². The standard InChI is InChI=1S/C18H22ClFN2O/c19-16-7-4-8-17(20)15(16)11-18-14(12-22(23)21-18)10-9-13-5-2-1-3-6-13/h4,7-8,12-14H,1-3,5-6,9-11H2. The zero-order valence-corrected chi connectivity index (χ0v) is 13.9. The quantitative estimate of drug-likeness (QED) is 0.554. The molecule has 0 saturated heterocycles.